The third-order valence-electron chi connectivity index (χ3n) is 3.83. The van der Waals surface area contributed by atoms with Gasteiger partial charge in [-0.25, -0.2) is 0 Å². The Hall–Kier alpha value is -0.910. The van der Waals surface area contributed by atoms with E-state index in [-0.39, 0.29) is 4.90 Å². The summed E-state index contributed by atoms with van der Waals surface area (Å²) in [6, 6.07) is 5.05. The third kappa shape index (κ3) is 3.35. The summed E-state index contributed by atoms with van der Waals surface area (Å²) < 4.78 is 37.4. The standard InChI is InChI=1S/C14H20O4S/c1-3-11(13-8-18-9-13)7-12-6-10(2)4-5-14(12)19(15,16)17/h4-6,11,13H,3,7-9H2,1-2H3,(H,15,16,17). The van der Waals surface area contributed by atoms with E-state index in [0.717, 1.165) is 25.2 Å². The Morgan fingerprint density at radius 2 is 2.11 bits per heavy atom. The molecule has 19 heavy (non-hydrogen) atoms. The van der Waals surface area contributed by atoms with Gasteiger partial charge in [0, 0.05) is 5.92 Å². The number of ether oxygens (including phenoxy) is 1. The topological polar surface area (TPSA) is 63.6 Å². The summed E-state index contributed by atoms with van der Waals surface area (Å²) in [5.74, 6) is 0.899. The molecule has 1 unspecified atom stereocenters. The zero-order valence-electron chi connectivity index (χ0n) is 11.3. The van der Waals surface area contributed by atoms with Crippen LogP contribution in [-0.4, -0.2) is 26.2 Å². The minimum absolute atomic E-state index is 0.0387. The lowest BCUT2D eigenvalue weighted by Crippen LogP contribution is -2.35. The van der Waals surface area contributed by atoms with Crippen LogP contribution in [-0.2, 0) is 21.3 Å². The molecule has 0 radical (unpaired) electrons. The van der Waals surface area contributed by atoms with Gasteiger partial charge in [0.1, 0.15) is 0 Å². The van der Waals surface area contributed by atoms with E-state index >= 15 is 0 Å². The zero-order valence-corrected chi connectivity index (χ0v) is 12.1. The van der Waals surface area contributed by atoms with Crippen LogP contribution >= 0.6 is 0 Å². The van der Waals surface area contributed by atoms with Crippen molar-refractivity contribution in [1.29, 1.82) is 0 Å². The van der Waals surface area contributed by atoms with Crippen LogP contribution in [0.3, 0.4) is 0 Å². The van der Waals surface area contributed by atoms with Gasteiger partial charge in [0.05, 0.1) is 18.1 Å². The fourth-order valence-electron chi connectivity index (χ4n) is 2.57. The third-order valence-corrected chi connectivity index (χ3v) is 4.78. The highest BCUT2D eigenvalue weighted by Crippen LogP contribution is 2.29. The summed E-state index contributed by atoms with van der Waals surface area (Å²) in [7, 11) is -4.15. The van der Waals surface area contributed by atoms with E-state index in [0.29, 0.717) is 23.8 Å². The van der Waals surface area contributed by atoms with E-state index in [2.05, 4.69) is 6.92 Å². The lowest BCUT2D eigenvalue weighted by Gasteiger charge is -2.33. The fraction of sp³-hybridized carbons (Fsp3) is 0.571. The first-order chi connectivity index (χ1) is 8.91. The smallest absolute Gasteiger partial charge is 0.294 e. The minimum Gasteiger partial charge on any atom is -0.381 e. The van der Waals surface area contributed by atoms with Gasteiger partial charge in [0.25, 0.3) is 10.1 Å². The highest BCUT2D eigenvalue weighted by Gasteiger charge is 2.28. The maximum atomic E-state index is 11.4. The largest absolute Gasteiger partial charge is 0.381 e. The molecule has 0 bridgehead atoms. The van der Waals surface area contributed by atoms with Crippen LogP contribution in [0.5, 0.6) is 0 Å². The van der Waals surface area contributed by atoms with Crippen molar-refractivity contribution >= 4 is 10.1 Å². The van der Waals surface area contributed by atoms with Gasteiger partial charge in [0.15, 0.2) is 0 Å². The quantitative estimate of drug-likeness (QED) is 0.844. The molecule has 0 aromatic heterocycles. The van der Waals surface area contributed by atoms with Gasteiger partial charge in [-0.1, -0.05) is 31.0 Å². The van der Waals surface area contributed by atoms with Crippen molar-refractivity contribution in [2.24, 2.45) is 11.8 Å². The first kappa shape index (κ1) is 14.5. The van der Waals surface area contributed by atoms with Crippen molar-refractivity contribution in [3.8, 4) is 0 Å². The van der Waals surface area contributed by atoms with Crippen molar-refractivity contribution in [2.45, 2.75) is 31.6 Å². The molecule has 0 spiro atoms. The minimum atomic E-state index is -4.15. The molecule has 1 N–H and O–H groups in total. The highest BCUT2D eigenvalue weighted by molar-refractivity contribution is 7.85. The lowest BCUT2D eigenvalue weighted by molar-refractivity contribution is -0.0614. The molecule has 0 amide bonds. The molecule has 1 saturated heterocycles. The fourth-order valence-corrected chi connectivity index (χ4v) is 3.29. The van der Waals surface area contributed by atoms with Crippen LogP contribution < -0.4 is 0 Å². The first-order valence-corrected chi connectivity index (χ1v) is 8.00. The molecule has 1 fully saturated rings. The second kappa shape index (κ2) is 5.61. The predicted octanol–water partition coefficient (Wildman–Crippen LogP) is 2.46. The van der Waals surface area contributed by atoms with Crippen LogP contribution in [0, 0.1) is 18.8 Å². The van der Waals surface area contributed by atoms with Gasteiger partial charge in [-0.15, -0.1) is 0 Å². The van der Waals surface area contributed by atoms with E-state index in [4.69, 9.17) is 4.74 Å². The van der Waals surface area contributed by atoms with Gasteiger partial charge in [0.2, 0.25) is 0 Å². The van der Waals surface area contributed by atoms with Gasteiger partial charge in [-0.2, -0.15) is 8.42 Å². The first-order valence-electron chi connectivity index (χ1n) is 6.56. The molecule has 0 saturated carbocycles. The van der Waals surface area contributed by atoms with Crippen molar-refractivity contribution in [3.63, 3.8) is 0 Å². The normalized spacial score (nSPS) is 18.1. The Morgan fingerprint density at radius 3 is 2.58 bits per heavy atom. The Bertz CT molecular complexity index is 547. The number of hydrogen-bond donors (Lipinski definition) is 1. The molecule has 1 aromatic carbocycles. The molecule has 5 heteroatoms. The van der Waals surface area contributed by atoms with E-state index in [1.807, 2.05) is 13.0 Å². The molecule has 1 atom stereocenters. The van der Waals surface area contributed by atoms with Crippen molar-refractivity contribution in [1.82, 2.24) is 0 Å². The van der Waals surface area contributed by atoms with Gasteiger partial charge in [-0.05, 0) is 30.9 Å². The van der Waals surface area contributed by atoms with Crippen molar-refractivity contribution < 1.29 is 17.7 Å². The number of hydrogen-bond acceptors (Lipinski definition) is 3. The van der Waals surface area contributed by atoms with Crippen LogP contribution in [0.1, 0.15) is 24.5 Å². The van der Waals surface area contributed by atoms with E-state index in [9.17, 15) is 13.0 Å². The molecule has 1 aromatic rings. The molecular weight excluding hydrogens is 264 g/mol. The molecule has 1 aliphatic heterocycles. The number of rotatable bonds is 5. The Labute approximate surface area is 114 Å². The summed E-state index contributed by atoms with van der Waals surface area (Å²) in [5.41, 5.74) is 1.71. The van der Waals surface area contributed by atoms with Crippen LogP contribution in [0.25, 0.3) is 0 Å². The SMILES string of the molecule is CCC(Cc1cc(C)ccc1S(=O)(=O)O)C1COC1. The Balaban J connectivity index is 2.29. The van der Waals surface area contributed by atoms with E-state index in [1.165, 1.54) is 6.07 Å². The summed E-state index contributed by atoms with van der Waals surface area (Å²) >= 11 is 0. The molecule has 0 aliphatic carbocycles. The molecule has 4 nitrogen and oxygen atoms in total. The molecule has 1 heterocycles. The van der Waals surface area contributed by atoms with Crippen molar-refractivity contribution in [3.05, 3.63) is 29.3 Å². The van der Waals surface area contributed by atoms with Crippen LogP contribution in [0.2, 0.25) is 0 Å². The molecule has 2 rings (SSSR count). The van der Waals surface area contributed by atoms with Crippen LogP contribution in [0.4, 0.5) is 0 Å². The second-order valence-corrected chi connectivity index (χ2v) is 6.65. The second-order valence-electron chi connectivity index (χ2n) is 5.26. The number of aryl methyl sites for hydroxylation is 1. The zero-order chi connectivity index (χ0) is 14.0. The molecule has 1 aliphatic rings. The van der Waals surface area contributed by atoms with Gasteiger partial charge >= 0.3 is 0 Å². The Kier molecular flexibility index (Phi) is 4.28. The van der Waals surface area contributed by atoms with Gasteiger partial charge < -0.3 is 4.74 Å². The summed E-state index contributed by atoms with van der Waals surface area (Å²) in [5, 5.41) is 0. The van der Waals surface area contributed by atoms with Gasteiger partial charge in [-0.3, -0.25) is 4.55 Å². The predicted molar refractivity (Wildman–Crippen MR) is 72.8 cm³/mol. The average Bonchev–Trinajstić information content (AvgIpc) is 2.24. The van der Waals surface area contributed by atoms with E-state index < -0.39 is 10.1 Å². The van der Waals surface area contributed by atoms with Crippen LogP contribution in [0.15, 0.2) is 23.1 Å². The average molecular weight is 284 g/mol. The summed E-state index contributed by atoms with van der Waals surface area (Å²) in [6.45, 7) is 5.54. The molecule has 106 valence electrons. The highest BCUT2D eigenvalue weighted by atomic mass is 32.2. The van der Waals surface area contributed by atoms with Crippen molar-refractivity contribution in [2.75, 3.05) is 13.2 Å². The Morgan fingerprint density at radius 1 is 1.42 bits per heavy atom. The maximum absolute atomic E-state index is 11.4. The lowest BCUT2D eigenvalue weighted by atomic mass is 9.83. The molecular formula is C14H20O4S. The summed E-state index contributed by atoms with van der Waals surface area (Å²) in [6.07, 6.45) is 1.65. The van der Waals surface area contributed by atoms with E-state index in [1.54, 1.807) is 6.07 Å². The number of benzene rings is 1. The summed E-state index contributed by atoms with van der Waals surface area (Å²) in [4.78, 5) is 0.0387. The monoisotopic (exact) mass is 284 g/mol. The maximum Gasteiger partial charge on any atom is 0.294 e.